The lowest BCUT2D eigenvalue weighted by Crippen LogP contribution is -2.48. The summed E-state index contributed by atoms with van der Waals surface area (Å²) in [5, 5.41) is 0.111. The van der Waals surface area contributed by atoms with Gasteiger partial charge in [-0.15, -0.1) is 0 Å². The second kappa shape index (κ2) is 7.81. The van der Waals surface area contributed by atoms with E-state index < -0.39 is 21.6 Å². The number of hydrogen-bond acceptors (Lipinski definition) is 6. The fraction of sp³-hybridized carbons (Fsp3) is 0.300. The van der Waals surface area contributed by atoms with Gasteiger partial charge < -0.3 is 14.4 Å². The average molecular weight is 453 g/mol. The van der Waals surface area contributed by atoms with Gasteiger partial charge in [0.15, 0.2) is 0 Å². The third-order valence-corrected chi connectivity index (χ3v) is 6.16. The van der Waals surface area contributed by atoms with Crippen molar-refractivity contribution in [1.82, 2.24) is 0 Å². The highest BCUT2D eigenvalue weighted by Crippen LogP contribution is 2.39. The molecule has 0 unspecified atom stereocenters. The van der Waals surface area contributed by atoms with Crippen molar-refractivity contribution in [3.05, 3.63) is 47.0 Å². The molecular formula is C20H21ClN2O6S. The van der Waals surface area contributed by atoms with Gasteiger partial charge >= 0.3 is 5.97 Å². The number of carbonyl (C=O) groups is 2. The average Bonchev–Trinajstić information content (AvgIpc) is 2.67. The fourth-order valence-corrected chi connectivity index (χ4v) is 4.40. The molecule has 0 aromatic heterocycles. The van der Waals surface area contributed by atoms with Crippen molar-refractivity contribution in [2.45, 2.75) is 31.3 Å². The van der Waals surface area contributed by atoms with Crippen LogP contribution in [0.1, 0.15) is 31.1 Å². The van der Waals surface area contributed by atoms with Crippen LogP contribution in [0.4, 0.5) is 11.4 Å². The van der Waals surface area contributed by atoms with Crippen LogP contribution in [0, 0.1) is 0 Å². The van der Waals surface area contributed by atoms with E-state index in [1.165, 1.54) is 55.3 Å². The van der Waals surface area contributed by atoms with E-state index in [0.717, 1.165) is 0 Å². The van der Waals surface area contributed by atoms with Crippen molar-refractivity contribution < 1.29 is 27.5 Å². The highest BCUT2D eigenvalue weighted by molar-refractivity contribution is 7.92. The Morgan fingerprint density at radius 2 is 1.90 bits per heavy atom. The van der Waals surface area contributed by atoms with E-state index in [2.05, 4.69) is 9.46 Å². The first-order chi connectivity index (χ1) is 13.9. The summed E-state index contributed by atoms with van der Waals surface area (Å²) in [6.07, 6.45) is 0. The van der Waals surface area contributed by atoms with Gasteiger partial charge in [0, 0.05) is 6.92 Å². The predicted molar refractivity (Wildman–Crippen MR) is 113 cm³/mol. The number of esters is 1. The van der Waals surface area contributed by atoms with Crippen molar-refractivity contribution in [3.63, 3.8) is 0 Å². The summed E-state index contributed by atoms with van der Waals surface area (Å²) in [5.41, 5.74) is -0.0836. The van der Waals surface area contributed by atoms with Crippen LogP contribution in [0.5, 0.6) is 5.75 Å². The number of methoxy groups -OCH3 is 1. The molecule has 3 rings (SSSR count). The van der Waals surface area contributed by atoms with Gasteiger partial charge in [-0.25, -0.2) is 13.2 Å². The third kappa shape index (κ3) is 4.36. The molecule has 30 heavy (non-hydrogen) atoms. The van der Waals surface area contributed by atoms with Crippen molar-refractivity contribution in [2.24, 2.45) is 0 Å². The molecule has 1 aliphatic heterocycles. The van der Waals surface area contributed by atoms with Crippen LogP contribution in [0.15, 0.2) is 41.3 Å². The van der Waals surface area contributed by atoms with Gasteiger partial charge in [-0.05, 0) is 50.2 Å². The summed E-state index contributed by atoms with van der Waals surface area (Å²) in [7, 11) is -2.86. The smallest absolute Gasteiger partial charge is 0.337 e. The molecule has 1 amide bonds. The van der Waals surface area contributed by atoms with Gasteiger partial charge in [0.25, 0.3) is 10.0 Å². The summed E-state index contributed by atoms with van der Waals surface area (Å²) in [5.74, 6) is -0.451. The molecule has 0 bridgehead atoms. The van der Waals surface area contributed by atoms with Crippen molar-refractivity contribution in [3.8, 4) is 5.75 Å². The highest BCUT2D eigenvalue weighted by Gasteiger charge is 2.34. The van der Waals surface area contributed by atoms with E-state index in [0.29, 0.717) is 11.4 Å². The number of nitrogens with one attached hydrogen (secondary N) is 1. The van der Waals surface area contributed by atoms with Gasteiger partial charge in [0.05, 0.1) is 40.5 Å². The molecule has 0 aliphatic carbocycles. The first-order valence-corrected chi connectivity index (χ1v) is 10.8. The van der Waals surface area contributed by atoms with Crippen molar-refractivity contribution >= 4 is 44.9 Å². The minimum Gasteiger partial charge on any atom is -0.484 e. The molecule has 10 heteroatoms. The number of hydrogen-bond donors (Lipinski definition) is 1. The lowest BCUT2D eigenvalue weighted by atomic mass is 10.1. The predicted octanol–water partition coefficient (Wildman–Crippen LogP) is 3.45. The third-order valence-electron chi connectivity index (χ3n) is 4.47. The lowest BCUT2D eigenvalue weighted by molar-refractivity contribution is -0.117. The molecule has 2 aromatic carbocycles. The highest BCUT2D eigenvalue weighted by atomic mass is 35.5. The summed E-state index contributed by atoms with van der Waals surface area (Å²) >= 11 is 6.10. The molecule has 1 heterocycles. The van der Waals surface area contributed by atoms with Gasteiger partial charge in [-0.2, -0.15) is 0 Å². The Kier molecular flexibility index (Phi) is 5.70. The monoisotopic (exact) mass is 452 g/mol. The van der Waals surface area contributed by atoms with Crippen molar-refractivity contribution in [2.75, 3.05) is 23.3 Å². The number of carbonyl (C=O) groups excluding carboxylic acids is 2. The number of benzene rings is 2. The van der Waals surface area contributed by atoms with Crippen LogP contribution in [-0.2, 0) is 19.6 Å². The first kappa shape index (κ1) is 21.9. The standard InChI is InChI=1S/C20H21ClN2O6S/c1-12(24)23-11-20(2,3)29-18-8-6-14(10-17(18)23)30(26,27)22-16-9-13(19(25)28-4)5-7-15(16)21/h5-10,22H,11H2,1-4H3. The number of nitrogens with zero attached hydrogens (tertiary/aromatic N) is 1. The molecule has 0 spiro atoms. The lowest BCUT2D eigenvalue weighted by Gasteiger charge is -2.39. The Bertz CT molecular complexity index is 1130. The van der Waals surface area contributed by atoms with E-state index in [-0.39, 0.29) is 33.6 Å². The summed E-state index contributed by atoms with van der Waals surface area (Å²) in [6.45, 7) is 5.37. The van der Waals surface area contributed by atoms with Gasteiger partial charge in [0.1, 0.15) is 11.4 Å². The van der Waals surface area contributed by atoms with Crippen LogP contribution >= 0.6 is 11.6 Å². The number of ether oxygens (including phenoxy) is 2. The van der Waals surface area contributed by atoms with Crippen LogP contribution in [-0.4, -0.2) is 39.5 Å². The molecule has 160 valence electrons. The topological polar surface area (TPSA) is 102 Å². The summed E-state index contributed by atoms with van der Waals surface area (Å²) in [6, 6.07) is 8.36. The molecule has 0 saturated carbocycles. The van der Waals surface area contributed by atoms with Gasteiger partial charge in [0.2, 0.25) is 5.91 Å². The number of halogens is 1. The Balaban J connectivity index is 2.00. The van der Waals surface area contributed by atoms with Crippen LogP contribution in [0.2, 0.25) is 5.02 Å². The van der Waals surface area contributed by atoms with Crippen LogP contribution in [0.3, 0.4) is 0 Å². The van der Waals surface area contributed by atoms with E-state index in [1.807, 2.05) is 13.8 Å². The SMILES string of the molecule is COC(=O)c1ccc(Cl)c(NS(=O)(=O)c2ccc3c(c2)N(C(C)=O)CC(C)(C)O3)c1. The minimum absolute atomic E-state index is 0.0260. The minimum atomic E-state index is -4.08. The normalized spacial score (nSPS) is 15.0. The molecule has 0 atom stereocenters. The number of sulfonamides is 1. The zero-order chi connectivity index (χ0) is 22.3. The Morgan fingerprint density at radius 1 is 1.20 bits per heavy atom. The molecule has 8 nitrogen and oxygen atoms in total. The van der Waals surface area contributed by atoms with E-state index >= 15 is 0 Å². The number of fused-ring (bicyclic) bond motifs is 1. The Labute approximate surface area is 179 Å². The fourth-order valence-electron chi connectivity index (χ4n) is 3.09. The Hall–Kier alpha value is -2.78. The maximum atomic E-state index is 13.0. The quantitative estimate of drug-likeness (QED) is 0.713. The van der Waals surface area contributed by atoms with Gasteiger partial charge in [-0.3, -0.25) is 9.52 Å². The Morgan fingerprint density at radius 3 is 2.53 bits per heavy atom. The maximum absolute atomic E-state index is 13.0. The molecule has 1 aliphatic rings. The van der Waals surface area contributed by atoms with Crippen LogP contribution < -0.4 is 14.4 Å². The van der Waals surface area contributed by atoms with E-state index in [9.17, 15) is 18.0 Å². The van der Waals surface area contributed by atoms with E-state index in [1.54, 1.807) is 0 Å². The van der Waals surface area contributed by atoms with E-state index in [4.69, 9.17) is 16.3 Å². The second-order valence-electron chi connectivity index (χ2n) is 7.39. The first-order valence-electron chi connectivity index (χ1n) is 8.95. The van der Waals surface area contributed by atoms with Gasteiger partial charge in [-0.1, -0.05) is 11.6 Å². The summed E-state index contributed by atoms with van der Waals surface area (Å²) in [4.78, 5) is 25.2. The zero-order valence-corrected chi connectivity index (χ0v) is 18.4. The number of rotatable bonds is 4. The molecule has 0 saturated heterocycles. The van der Waals surface area contributed by atoms with Crippen LogP contribution in [0.25, 0.3) is 0 Å². The molecule has 2 aromatic rings. The molecular weight excluding hydrogens is 432 g/mol. The molecule has 1 N–H and O–H groups in total. The molecule has 0 radical (unpaired) electrons. The maximum Gasteiger partial charge on any atom is 0.337 e. The number of amides is 1. The largest absolute Gasteiger partial charge is 0.484 e. The number of anilines is 2. The summed E-state index contributed by atoms with van der Waals surface area (Å²) < 4.78 is 38.8. The van der Waals surface area contributed by atoms with Crippen molar-refractivity contribution in [1.29, 1.82) is 0 Å². The second-order valence-corrected chi connectivity index (χ2v) is 9.48. The zero-order valence-electron chi connectivity index (χ0n) is 16.9. The molecule has 0 fully saturated rings.